The Labute approximate surface area is 142 Å². The molecule has 1 N–H and O–H groups in total. The van der Waals surface area contributed by atoms with Crippen LogP contribution in [0, 0.1) is 0 Å². The first-order valence-corrected chi connectivity index (χ1v) is 8.19. The molecule has 1 saturated heterocycles. The van der Waals surface area contributed by atoms with Gasteiger partial charge in [0.2, 0.25) is 0 Å². The molecule has 0 radical (unpaired) electrons. The number of rotatable bonds is 5. The molecule has 0 unspecified atom stereocenters. The van der Waals surface area contributed by atoms with Crippen LogP contribution in [0.15, 0.2) is 24.3 Å². The fraction of sp³-hybridized carbons (Fsp3) is 0.529. The average molecular weight is 335 g/mol. The van der Waals surface area contributed by atoms with Gasteiger partial charge < -0.3 is 24.5 Å². The number of carbonyl (C=O) groups is 2. The summed E-state index contributed by atoms with van der Waals surface area (Å²) in [4.78, 5) is 29.7. The van der Waals surface area contributed by atoms with E-state index < -0.39 is 11.8 Å². The molecule has 1 fully saturated rings. The fourth-order valence-corrected chi connectivity index (χ4v) is 2.84. The van der Waals surface area contributed by atoms with E-state index in [9.17, 15) is 9.59 Å². The number of likely N-dealkylation sites (N-methyl/N-ethyl adjacent to an activating group) is 1. The van der Waals surface area contributed by atoms with Crippen LogP contribution in [0.5, 0.6) is 5.75 Å². The minimum absolute atomic E-state index is 0.144. The molecule has 2 amide bonds. The van der Waals surface area contributed by atoms with Crippen molar-refractivity contribution in [2.24, 2.45) is 0 Å². The number of carbonyl (C=O) groups excluding carboxylic acids is 2. The van der Waals surface area contributed by atoms with Crippen molar-refractivity contribution in [3.05, 3.63) is 24.3 Å². The van der Waals surface area contributed by atoms with Gasteiger partial charge in [-0.3, -0.25) is 9.59 Å². The largest absolute Gasteiger partial charge is 0.495 e. The summed E-state index contributed by atoms with van der Waals surface area (Å²) in [6.07, 6.45) is 0. The van der Waals surface area contributed by atoms with E-state index in [0.717, 1.165) is 11.4 Å². The molecule has 0 aromatic heterocycles. The molecule has 1 aliphatic heterocycles. The van der Waals surface area contributed by atoms with Gasteiger partial charge in [-0.2, -0.15) is 0 Å². The fourth-order valence-electron chi connectivity index (χ4n) is 2.84. The van der Waals surface area contributed by atoms with Crippen molar-refractivity contribution in [3.8, 4) is 5.75 Å². The summed E-state index contributed by atoms with van der Waals surface area (Å²) in [6.45, 7) is 4.50. The Bertz CT molecular complexity index is 571. The lowest BCUT2D eigenvalue weighted by Gasteiger charge is -2.36. The molecule has 1 aromatic rings. The zero-order valence-corrected chi connectivity index (χ0v) is 14.3. The van der Waals surface area contributed by atoms with Crippen molar-refractivity contribution in [2.45, 2.75) is 6.92 Å². The normalized spacial score (nSPS) is 14.5. The molecule has 1 aromatic carbocycles. The third kappa shape index (κ3) is 3.97. The van der Waals surface area contributed by atoms with Crippen LogP contribution < -0.4 is 9.64 Å². The number of aliphatic hydroxyl groups excluding tert-OH is 1. The molecule has 1 heterocycles. The lowest BCUT2D eigenvalue weighted by Crippen LogP contribution is -2.53. The van der Waals surface area contributed by atoms with E-state index in [1.807, 2.05) is 24.3 Å². The minimum atomic E-state index is -0.544. The second-order valence-electron chi connectivity index (χ2n) is 5.56. The maximum absolute atomic E-state index is 12.3. The van der Waals surface area contributed by atoms with Crippen LogP contribution >= 0.6 is 0 Å². The van der Waals surface area contributed by atoms with Crippen molar-refractivity contribution in [1.29, 1.82) is 0 Å². The number of para-hydroxylation sites is 2. The van der Waals surface area contributed by atoms with Crippen LogP contribution in [-0.4, -0.2) is 79.7 Å². The SMILES string of the molecule is CCN(CCO)C(=O)C(=O)N1CCN(c2ccccc2OC)CC1. The highest BCUT2D eigenvalue weighted by Gasteiger charge is 2.29. The Morgan fingerprint density at radius 3 is 2.46 bits per heavy atom. The first-order chi connectivity index (χ1) is 11.6. The van der Waals surface area contributed by atoms with Gasteiger partial charge in [-0.15, -0.1) is 0 Å². The van der Waals surface area contributed by atoms with E-state index in [-0.39, 0.29) is 13.2 Å². The lowest BCUT2D eigenvalue weighted by atomic mass is 10.2. The van der Waals surface area contributed by atoms with E-state index >= 15 is 0 Å². The number of hydrogen-bond donors (Lipinski definition) is 1. The smallest absolute Gasteiger partial charge is 0.312 e. The zero-order chi connectivity index (χ0) is 17.5. The van der Waals surface area contributed by atoms with Crippen LogP contribution in [0.25, 0.3) is 0 Å². The predicted molar refractivity (Wildman–Crippen MR) is 91.1 cm³/mol. The third-order valence-electron chi connectivity index (χ3n) is 4.21. The van der Waals surface area contributed by atoms with E-state index in [2.05, 4.69) is 4.90 Å². The number of benzene rings is 1. The number of ether oxygens (including phenoxy) is 1. The molecule has 7 nitrogen and oxygen atoms in total. The van der Waals surface area contributed by atoms with Crippen molar-refractivity contribution in [3.63, 3.8) is 0 Å². The molecule has 132 valence electrons. The van der Waals surface area contributed by atoms with Crippen LogP contribution in [0.3, 0.4) is 0 Å². The molecule has 0 bridgehead atoms. The highest BCUT2D eigenvalue weighted by Crippen LogP contribution is 2.28. The molecule has 0 spiro atoms. The van der Waals surface area contributed by atoms with Crippen molar-refractivity contribution < 1.29 is 19.4 Å². The second kappa shape index (κ2) is 8.54. The highest BCUT2D eigenvalue weighted by molar-refractivity contribution is 6.34. The lowest BCUT2D eigenvalue weighted by molar-refractivity contribution is -0.152. The van der Waals surface area contributed by atoms with Crippen molar-refractivity contribution >= 4 is 17.5 Å². The predicted octanol–water partition coefficient (Wildman–Crippen LogP) is 0.185. The summed E-state index contributed by atoms with van der Waals surface area (Å²) < 4.78 is 5.38. The Balaban J connectivity index is 1.97. The number of piperazine rings is 1. The van der Waals surface area contributed by atoms with Crippen LogP contribution in [0.1, 0.15) is 6.92 Å². The van der Waals surface area contributed by atoms with Gasteiger partial charge in [0.15, 0.2) is 0 Å². The van der Waals surface area contributed by atoms with Gasteiger partial charge in [0.05, 0.1) is 19.4 Å². The zero-order valence-electron chi connectivity index (χ0n) is 14.3. The number of anilines is 1. The first-order valence-electron chi connectivity index (χ1n) is 8.19. The summed E-state index contributed by atoms with van der Waals surface area (Å²) in [5.41, 5.74) is 0.994. The topological polar surface area (TPSA) is 73.3 Å². The number of hydrogen-bond acceptors (Lipinski definition) is 5. The molecule has 24 heavy (non-hydrogen) atoms. The average Bonchev–Trinajstić information content (AvgIpc) is 2.65. The Morgan fingerprint density at radius 2 is 1.88 bits per heavy atom. The van der Waals surface area contributed by atoms with Crippen molar-refractivity contribution in [1.82, 2.24) is 9.80 Å². The van der Waals surface area contributed by atoms with E-state index in [0.29, 0.717) is 32.7 Å². The number of nitrogens with zero attached hydrogens (tertiary/aromatic N) is 3. The van der Waals surface area contributed by atoms with E-state index in [4.69, 9.17) is 9.84 Å². The number of aliphatic hydroxyl groups is 1. The summed E-state index contributed by atoms with van der Waals surface area (Å²) in [5, 5.41) is 8.98. The maximum Gasteiger partial charge on any atom is 0.312 e. The summed E-state index contributed by atoms with van der Waals surface area (Å²) >= 11 is 0. The minimum Gasteiger partial charge on any atom is -0.495 e. The molecular weight excluding hydrogens is 310 g/mol. The highest BCUT2D eigenvalue weighted by atomic mass is 16.5. The molecular formula is C17H25N3O4. The molecule has 0 atom stereocenters. The molecule has 0 aliphatic carbocycles. The van der Waals surface area contributed by atoms with Gasteiger partial charge in [-0.25, -0.2) is 0 Å². The molecule has 1 aliphatic rings. The monoisotopic (exact) mass is 335 g/mol. The van der Waals surface area contributed by atoms with Gasteiger partial charge in [0.25, 0.3) is 0 Å². The van der Waals surface area contributed by atoms with Crippen LogP contribution in [0.2, 0.25) is 0 Å². The third-order valence-corrected chi connectivity index (χ3v) is 4.21. The van der Waals surface area contributed by atoms with Gasteiger partial charge in [-0.1, -0.05) is 12.1 Å². The molecule has 7 heteroatoms. The summed E-state index contributed by atoms with van der Waals surface area (Å²) in [6, 6.07) is 7.76. The van der Waals surface area contributed by atoms with E-state index in [1.54, 1.807) is 18.9 Å². The molecule has 2 rings (SSSR count). The maximum atomic E-state index is 12.3. The van der Waals surface area contributed by atoms with Gasteiger partial charge in [0, 0.05) is 39.3 Å². The van der Waals surface area contributed by atoms with Crippen molar-refractivity contribution in [2.75, 3.05) is 57.9 Å². The van der Waals surface area contributed by atoms with Gasteiger partial charge in [-0.05, 0) is 19.1 Å². The standard InChI is InChI=1S/C17H25N3O4/c1-3-18(12-13-21)16(22)17(23)20-10-8-19(9-11-20)14-6-4-5-7-15(14)24-2/h4-7,21H,3,8-13H2,1-2H3. The number of amides is 2. The van der Waals surface area contributed by atoms with E-state index in [1.165, 1.54) is 4.90 Å². The van der Waals surface area contributed by atoms with Crippen LogP contribution in [0.4, 0.5) is 5.69 Å². The van der Waals surface area contributed by atoms with Gasteiger partial charge in [0.1, 0.15) is 5.75 Å². The number of methoxy groups -OCH3 is 1. The first kappa shape index (κ1) is 18.1. The second-order valence-corrected chi connectivity index (χ2v) is 5.56. The quantitative estimate of drug-likeness (QED) is 0.778. The Kier molecular flexibility index (Phi) is 6.43. The Morgan fingerprint density at radius 1 is 1.21 bits per heavy atom. The summed E-state index contributed by atoms with van der Waals surface area (Å²) in [5.74, 6) is -0.240. The molecule has 0 saturated carbocycles. The summed E-state index contributed by atoms with van der Waals surface area (Å²) in [7, 11) is 1.64. The van der Waals surface area contributed by atoms with Crippen LogP contribution in [-0.2, 0) is 9.59 Å². The Hall–Kier alpha value is -2.28. The van der Waals surface area contributed by atoms with Gasteiger partial charge >= 0.3 is 11.8 Å².